The van der Waals surface area contributed by atoms with Crippen LogP contribution in [0.3, 0.4) is 0 Å². The molecule has 3 heteroatoms. The number of furan rings is 1. The molecular formula is C44H28N2O. The standard InChI is InChI=1S/C44H28N2O/c1-3-11-29(12-4-1)35-24-36(33-21-22-39-38-17-9-10-18-42(38)47-43(39)27-33)26-37(25-35)41-28-40(31-14-5-2-6-15-31)45-44(46-41)34-20-19-30-13-7-8-16-32(30)23-34/h1-28H. The van der Waals surface area contributed by atoms with E-state index in [-0.39, 0.29) is 0 Å². The molecule has 3 nitrogen and oxygen atoms in total. The molecule has 0 aliphatic heterocycles. The third-order valence-electron chi connectivity index (χ3n) is 8.85. The molecule has 7 aromatic carbocycles. The van der Waals surface area contributed by atoms with Crippen molar-refractivity contribution >= 4 is 32.7 Å². The fourth-order valence-electron chi connectivity index (χ4n) is 6.45. The quantitative estimate of drug-likeness (QED) is 0.197. The van der Waals surface area contributed by atoms with Gasteiger partial charge in [-0.05, 0) is 81.6 Å². The van der Waals surface area contributed by atoms with Crippen molar-refractivity contribution in [2.24, 2.45) is 0 Å². The van der Waals surface area contributed by atoms with Crippen molar-refractivity contribution in [3.63, 3.8) is 0 Å². The lowest BCUT2D eigenvalue weighted by Gasteiger charge is -2.13. The van der Waals surface area contributed by atoms with Crippen molar-refractivity contribution in [3.05, 3.63) is 170 Å². The van der Waals surface area contributed by atoms with Gasteiger partial charge >= 0.3 is 0 Å². The minimum absolute atomic E-state index is 0.697. The van der Waals surface area contributed by atoms with E-state index >= 15 is 0 Å². The van der Waals surface area contributed by atoms with Gasteiger partial charge in [0.25, 0.3) is 0 Å². The van der Waals surface area contributed by atoms with E-state index in [1.807, 2.05) is 18.2 Å². The Labute approximate surface area is 272 Å². The van der Waals surface area contributed by atoms with Crippen molar-refractivity contribution in [2.45, 2.75) is 0 Å². The number of rotatable bonds is 5. The number of aromatic nitrogens is 2. The average Bonchev–Trinajstić information content (AvgIpc) is 3.53. The lowest BCUT2D eigenvalue weighted by molar-refractivity contribution is 0.669. The Hall–Kier alpha value is -6.32. The Kier molecular flexibility index (Phi) is 6.46. The monoisotopic (exact) mass is 600 g/mol. The van der Waals surface area contributed by atoms with Crippen LogP contribution in [0.5, 0.6) is 0 Å². The zero-order valence-electron chi connectivity index (χ0n) is 25.5. The maximum atomic E-state index is 6.28. The number of hydrogen-bond acceptors (Lipinski definition) is 3. The van der Waals surface area contributed by atoms with Crippen molar-refractivity contribution in [1.82, 2.24) is 9.97 Å². The van der Waals surface area contributed by atoms with Crippen LogP contribution in [0, 0.1) is 0 Å². The summed E-state index contributed by atoms with van der Waals surface area (Å²) in [5.41, 5.74) is 11.0. The largest absolute Gasteiger partial charge is 0.456 e. The van der Waals surface area contributed by atoms with E-state index in [1.54, 1.807) is 0 Å². The van der Waals surface area contributed by atoms with Crippen LogP contribution in [0.25, 0.3) is 88.9 Å². The minimum Gasteiger partial charge on any atom is -0.456 e. The number of benzene rings is 7. The first-order chi connectivity index (χ1) is 23.2. The Morgan fingerprint density at radius 3 is 1.72 bits per heavy atom. The van der Waals surface area contributed by atoms with Gasteiger partial charge in [0.15, 0.2) is 5.82 Å². The Balaban J connectivity index is 1.25. The van der Waals surface area contributed by atoms with Gasteiger partial charge in [-0.15, -0.1) is 0 Å². The highest BCUT2D eigenvalue weighted by atomic mass is 16.3. The molecule has 9 aromatic rings. The van der Waals surface area contributed by atoms with Crippen molar-refractivity contribution in [2.75, 3.05) is 0 Å². The molecule has 0 atom stereocenters. The van der Waals surface area contributed by atoms with Gasteiger partial charge in [-0.1, -0.05) is 121 Å². The molecule has 2 heterocycles. The highest BCUT2D eigenvalue weighted by molar-refractivity contribution is 6.06. The predicted molar refractivity (Wildman–Crippen MR) is 194 cm³/mol. The second-order valence-electron chi connectivity index (χ2n) is 11.9. The first-order valence-corrected chi connectivity index (χ1v) is 15.8. The van der Waals surface area contributed by atoms with Gasteiger partial charge in [0.05, 0.1) is 11.4 Å². The van der Waals surface area contributed by atoms with Crippen molar-refractivity contribution in [3.8, 4) is 56.2 Å². The van der Waals surface area contributed by atoms with E-state index in [9.17, 15) is 0 Å². The van der Waals surface area contributed by atoms with E-state index in [1.165, 1.54) is 5.39 Å². The molecule has 0 fully saturated rings. The summed E-state index contributed by atoms with van der Waals surface area (Å²) in [6, 6.07) is 59.2. The Bertz CT molecular complexity index is 2570. The van der Waals surface area contributed by atoms with Crippen LogP contribution in [0.15, 0.2) is 174 Å². The summed E-state index contributed by atoms with van der Waals surface area (Å²) in [6.07, 6.45) is 0. The van der Waals surface area contributed by atoms with Gasteiger partial charge in [-0.3, -0.25) is 0 Å². The molecule has 0 saturated heterocycles. The minimum atomic E-state index is 0.697. The third kappa shape index (κ3) is 5.04. The van der Waals surface area contributed by atoms with E-state index in [0.717, 1.165) is 77.7 Å². The molecule has 2 aromatic heterocycles. The number of para-hydroxylation sites is 1. The summed E-state index contributed by atoms with van der Waals surface area (Å²) < 4.78 is 6.28. The van der Waals surface area contributed by atoms with Crippen LogP contribution in [-0.4, -0.2) is 9.97 Å². The van der Waals surface area contributed by atoms with Crippen LogP contribution in [0.2, 0.25) is 0 Å². The van der Waals surface area contributed by atoms with E-state index < -0.39 is 0 Å². The topological polar surface area (TPSA) is 38.9 Å². The Morgan fingerprint density at radius 2 is 0.915 bits per heavy atom. The summed E-state index contributed by atoms with van der Waals surface area (Å²) in [5.74, 6) is 0.697. The number of hydrogen-bond donors (Lipinski definition) is 0. The van der Waals surface area contributed by atoms with Crippen LogP contribution in [0.1, 0.15) is 0 Å². The molecule has 47 heavy (non-hydrogen) atoms. The summed E-state index contributed by atoms with van der Waals surface area (Å²) in [6.45, 7) is 0. The van der Waals surface area contributed by atoms with Crippen molar-refractivity contribution < 1.29 is 4.42 Å². The highest BCUT2D eigenvalue weighted by Gasteiger charge is 2.15. The van der Waals surface area contributed by atoms with Gasteiger partial charge in [0.1, 0.15) is 11.2 Å². The van der Waals surface area contributed by atoms with Gasteiger partial charge < -0.3 is 4.42 Å². The van der Waals surface area contributed by atoms with Crippen LogP contribution < -0.4 is 0 Å². The molecule has 9 rings (SSSR count). The number of nitrogens with zero attached hydrogens (tertiary/aromatic N) is 2. The van der Waals surface area contributed by atoms with Gasteiger partial charge in [-0.2, -0.15) is 0 Å². The Morgan fingerprint density at radius 1 is 0.319 bits per heavy atom. The van der Waals surface area contributed by atoms with Gasteiger partial charge in [-0.25, -0.2) is 9.97 Å². The smallest absolute Gasteiger partial charge is 0.160 e. The molecule has 0 spiro atoms. The first kappa shape index (κ1) is 27.0. The second-order valence-corrected chi connectivity index (χ2v) is 11.9. The summed E-state index contributed by atoms with van der Waals surface area (Å²) in [7, 11) is 0. The maximum Gasteiger partial charge on any atom is 0.160 e. The molecule has 0 aliphatic rings. The molecule has 0 bridgehead atoms. The fraction of sp³-hybridized carbons (Fsp3) is 0. The molecule has 0 unspecified atom stereocenters. The molecule has 220 valence electrons. The molecular weight excluding hydrogens is 572 g/mol. The van der Waals surface area contributed by atoms with Gasteiger partial charge in [0.2, 0.25) is 0 Å². The van der Waals surface area contributed by atoms with Crippen LogP contribution in [-0.2, 0) is 0 Å². The van der Waals surface area contributed by atoms with E-state index in [0.29, 0.717) is 5.82 Å². The van der Waals surface area contributed by atoms with Crippen LogP contribution in [0.4, 0.5) is 0 Å². The zero-order chi connectivity index (χ0) is 31.2. The summed E-state index contributed by atoms with van der Waals surface area (Å²) >= 11 is 0. The molecule has 0 radical (unpaired) electrons. The normalized spacial score (nSPS) is 11.4. The fourth-order valence-corrected chi connectivity index (χ4v) is 6.45. The first-order valence-electron chi connectivity index (χ1n) is 15.8. The summed E-state index contributed by atoms with van der Waals surface area (Å²) in [4.78, 5) is 10.3. The van der Waals surface area contributed by atoms with E-state index in [2.05, 4.69) is 152 Å². The predicted octanol–water partition coefficient (Wildman–Crippen LogP) is 11.9. The molecule has 0 N–H and O–H groups in total. The van der Waals surface area contributed by atoms with Crippen molar-refractivity contribution in [1.29, 1.82) is 0 Å². The zero-order valence-corrected chi connectivity index (χ0v) is 25.5. The highest BCUT2D eigenvalue weighted by Crippen LogP contribution is 2.37. The van der Waals surface area contributed by atoms with Gasteiger partial charge in [0, 0.05) is 27.5 Å². The third-order valence-corrected chi connectivity index (χ3v) is 8.85. The van der Waals surface area contributed by atoms with E-state index in [4.69, 9.17) is 14.4 Å². The number of fused-ring (bicyclic) bond motifs is 4. The lowest BCUT2D eigenvalue weighted by Crippen LogP contribution is -1.96. The molecule has 0 aliphatic carbocycles. The van der Waals surface area contributed by atoms with Crippen LogP contribution >= 0.6 is 0 Å². The molecule has 0 amide bonds. The SMILES string of the molecule is c1ccc(-c2cc(-c3ccc4c(c3)oc3ccccc34)cc(-c3cc(-c4ccccc4)nc(-c4ccc5ccccc5c4)n3)c2)cc1. The molecule has 0 saturated carbocycles. The maximum absolute atomic E-state index is 6.28. The lowest BCUT2D eigenvalue weighted by atomic mass is 9.94. The average molecular weight is 601 g/mol. The summed E-state index contributed by atoms with van der Waals surface area (Å²) in [5, 5.41) is 4.60. The second kappa shape index (κ2) is 11.2.